The van der Waals surface area contributed by atoms with Crippen LogP contribution in [0, 0.1) is 6.92 Å². The lowest BCUT2D eigenvalue weighted by atomic mass is 10.2. The van der Waals surface area contributed by atoms with Crippen LogP contribution in [0.2, 0.25) is 5.02 Å². The van der Waals surface area contributed by atoms with E-state index in [-0.39, 0.29) is 17.2 Å². The predicted molar refractivity (Wildman–Crippen MR) is 89.9 cm³/mol. The number of ether oxygens (including phenoxy) is 1. The molecule has 3 N–H and O–H groups in total. The number of primary amides is 1. The van der Waals surface area contributed by atoms with Gasteiger partial charge < -0.3 is 15.8 Å². The maximum atomic E-state index is 12.2. The van der Waals surface area contributed by atoms with E-state index in [2.05, 4.69) is 5.32 Å². The van der Waals surface area contributed by atoms with E-state index in [1.165, 1.54) is 12.1 Å². The zero-order valence-electron chi connectivity index (χ0n) is 12.8. The van der Waals surface area contributed by atoms with Crippen molar-refractivity contribution in [1.29, 1.82) is 0 Å². The van der Waals surface area contributed by atoms with E-state index in [1.54, 1.807) is 19.1 Å². The molecule has 6 heteroatoms. The third kappa shape index (κ3) is 4.47. The van der Waals surface area contributed by atoms with E-state index in [0.29, 0.717) is 10.7 Å². The maximum absolute atomic E-state index is 12.2. The van der Waals surface area contributed by atoms with Crippen molar-refractivity contribution in [2.24, 2.45) is 5.73 Å². The minimum Gasteiger partial charge on any atom is -0.480 e. The summed E-state index contributed by atoms with van der Waals surface area (Å²) in [6.45, 7) is 3.52. The number of carbonyl (C=O) groups excluding carboxylic acids is 2. The van der Waals surface area contributed by atoms with Crippen molar-refractivity contribution >= 4 is 29.1 Å². The van der Waals surface area contributed by atoms with E-state index in [1.807, 2.05) is 25.1 Å². The average Bonchev–Trinajstić information content (AvgIpc) is 2.48. The number of halogens is 1. The van der Waals surface area contributed by atoms with Crippen molar-refractivity contribution in [2.75, 3.05) is 5.32 Å². The van der Waals surface area contributed by atoms with Crippen LogP contribution in [0.15, 0.2) is 42.5 Å². The highest BCUT2D eigenvalue weighted by molar-refractivity contribution is 6.31. The first kappa shape index (κ1) is 16.8. The molecule has 2 rings (SSSR count). The van der Waals surface area contributed by atoms with Crippen LogP contribution in [-0.4, -0.2) is 17.9 Å². The van der Waals surface area contributed by atoms with Gasteiger partial charge in [0, 0.05) is 10.7 Å². The molecule has 1 atom stereocenters. The zero-order chi connectivity index (χ0) is 17.0. The Morgan fingerprint density at radius 1 is 1.22 bits per heavy atom. The smallest absolute Gasteiger partial charge is 0.265 e. The lowest BCUT2D eigenvalue weighted by Crippen LogP contribution is -2.31. The number of carbonyl (C=O) groups is 2. The summed E-state index contributed by atoms with van der Waals surface area (Å²) < 4.78 is 5.55. The molecule has 0 aliphatic rings. The van der Waals surface area contributed by atoms with Crippen LogP contribution >= 0.6 is 11.6 Å². The Bertz CT molecular complexity index is 746. The van der Waals surface area contributed by atoms with Gasteiger partial charge in [-0.2, -0.15) is 0 Å². The molecule has 0 saturated carbocycles. The summed E-state index contributed by atoms with van der Waals surface area (Å²) >= 11 is 5.84. The molecular formula is C17H17ClN2O3. The third-order valence-corrected chi connectivity index (χ3v) is 3.40. The van der Waals surface area contributed by atoms with Crippen molar-refractivity contribution in [2.45, 2.75) is 20.0 Å². The molecule has 0 fully saturated rings. The third-order valence-electron chi connectivity index (χ3n) is 3.17. The fraction of sp³-hybridized carbons (Fsp3) is 0.176. The summed E-state index contributed by atoms with van der Waals surface area (Å²) in [7, 11) is 0. The summed E-state index contributed by atoms with van der Waals surface area (Å²) in [4.78, 5) is 23.6. The SMILES string of the molecule is Cc1cccc(NC(=O)C(C)Oc2ccc(Cl)cc2C(N)=O)c1. The summed E-state index contributed by atoms with van der Waals surface area (Å²) in [5.74, 6) is -0.788. The minimum atomic E-state index is -0.810. The molecule has 0 spiro atoms. The Morgan fingerprint density at radius 3 is 2.61 bits per heavy atom. The van der Waals surface area contributed by atoms with Gasteiger partial charge in [-0.1, -0.05) is 23.7 Å². The average molecular weight is 333 g/mol. The first-order valence-corrected chi connectivity index (χ1v) is 7.38. The monoisotopic (exact) mass is 332 g/mol. The van der Waals surface area contributed by atoms with Crippen molar-refractivity contribution in [3.05, 3.63) is 58.6 Å². The van der Waals surface area contributed by atoms with Crippen LogP contribution in [0.25, 0.3) is 0 Å². The fourth-order valence-electron chi connectivity index (χ4n) is 2.01. The molecule has 5 nitrogen and oxygen atoms in total. The van der Waals surface area contributed by atoms with E-state index in [9.17, 15) is 9.59 Å². The molecule has 23 heavy (non-hydrogen) atoms. The Morgan fingerprint density at radius 2 is 1.96 bits per heavy atom. The minimum absolute atomic E-state index is 0.132. The molecule has 120 valence electrons. The number of amides is 2. The van der Waals surface area contributed by atoms with Gasteiger partial charge in [0.05, 0.1) is 5.56 Å². The largest absolute Gasteiger partial charge is 0.480 e. The predicted octanol–water partition coefficient (Wildman–Crippen LogP) is 3.15. The standard InChI is InChI=1S/C17H17ClN2O3/c1-10-4-3-5-13(8-10)20-17(22)11(2)23-15-7-6-12(18)9-14(15)16(19)21/h3-9,11H,1-2H3,(H2,19,21)(H,20,22). The molecule has 0 heterocycles. The second kappa shape index (κ2) is 7.15. The molecule has 2 amide bonds. The second-order valence-electron chi connectivity index (χ2n) is 5.12. The van der Waals surface area contributed by atoms with Gasteiger partial charge in [-0.25, -0.2) is 0 Å². The topological polar surface area (TPSA) is 81.4 Å². The molecule has 2 aromatic carbocycles. The Kier molecular flexibility index (Phi) is 5.24. The molecule has 0 aliphatic heterocycles. The number of nitrogens with one attached hydrogen (secondary N) is 1. The van der Waals surface area contributed by atoms with Crippen LogP contribution in [0.3, 0.4) is 0 Å². The van der Waals surface area contributed by atoms with Crippen LogP contribution in [-0.2, 0) is 4.79 Å². The highest BCUT2D eigenvalue weighted by atomic mass is 35.5. The number of hydrogen-bond donors (Lipinski definition) is 2. The van der Waals surface area contributed by atoms with Gasteiger partial charge in [0.1, 0.15) is 5.75 Å². The maximum Gasteiger partial charge on any atom is 0.265 e. The zero-order valence-corrected chi connectivity index (χ0v) is 13.6. The number of benzene rings is 2. The number of hydrogen-bond acceptors (Lipinski definition) is 3. The van der Waals surface area contributed by atoms with Gasteiger partial charge in [0.25, 0.3) is 11.8 Å². The Hall–Kier alpha value is -2.53. The number of rotatable bonds is 5. The van der Waals surface area contributed by atoms with Gasteiger partial charge in [0.2, 0.25) is 0 Å². The van der Waals surface area contributed by atoms with Crippen LogP contribution < -0.4 is 15.8 Å². The summed E-state index contributed by atoms with van der Waals surface area (Å²) in [6, 6.07) is 11.9. The van der Waals surface area contributed by atoms with Crippen molar-refractivity contribution in [3.63, 3.8) is 0 Å². The molecule has 2 aromatic rings. The van der Waals surface area contributed by atoms with Crippen molar-refractivity contribution < 1.29 is 14.3 Å². The summed E-state index contributed by atoms with van der Waals surface area (Å²) in [6.07, 6.45) is -0.810. The van der Waals surface area contributed by atoms with Crippen LogP contribution in [0.1, 0.15) is 22.8 Å². The lowest BCUT2D eigenvalue weighted by Gasteiger charge is -2.16. The van der Waals surface area contributed by atoms with E-state index >= 15 is 0 Å². The molecule has 0 radical (unpaired) electrons. The normalized spacial score (nSPS) is 11.6. The molecule has 0 bridgehead atoms. The van der Waals surface area contributed by atoms with E-state index in [4.69, 9.17) is 22.1 Å². The highest BCUT2D eigenvalue weighted by Gasteiger charge is 2.18. The van der Waals surface area contributed by atoms with Crippen LogP contribution in [0.4, 0.5) is 5.69 Å². The van der Waals surface area contributed by atoms with Gasteiger partial charge in [0.15, 0.2) is 6.10 Å². The fourth-order valence-corrected chi connectivity index (χ4v) is 2.18. The molecule has 0 aliphatic carbocycles. The summed E-state index contributed by atoms with van der Waals surface area (Å²) in [5.41, 5.74) is 7.14. The first-order valence-electron chi connectivity index (χ1n) is 7.00. The molecule has 0 aromatic heterocycles. The van der Waals surface area contributed by atoms with Gasteiger partial charge >= 0.3 is 0 Å². The van der Waals surface area contributed by atoms with Gasteiger partial charge in [-0.05, 0) is 49.7 Å². The van der Waals surface area contributed by atoms with E-state index in [0.717, 1.165) is 5.56 Å². The highest BCUT2D eigenvalue weighted by Crippen LogP contribution is 2.24. The first-order chi connectivity index (χ1) is 10.9. The van der Waals surface area contributed by atoms with Gasteiger partial charge in [-0.3, -0.25) is 9.59 Å². The lowest BCUT2D eigenvalue weighted by molar-refractivity contribution is -0.122. The van der Waals surface area contributed by atoms with Crippen molar-refractivity contribution in [3.8, 4) is 5.75 Å². The Labute approximate surface area is 139 Å². The quantitative estimate of drug-likeness (QED) is 0.882. The van der Waals surface area contributed by atoms with Crippen LogP contribution in [0.5, 0.6) is 5.75 Å². The Balaban J connectivity index is 2.11. The molecule has 1 unspecified atom stereocenters. The van der Waals surface area contributed by atoms with Gasteiger partial charge in [-0.15, -0.1) is 0 Å². The molecular weight excluding hydrogens is 316 g/mol. The number of nitrogens with two attached hydrogens (primary N) is 1. The summed E-state index contributed by atoms with van der Waals surface area (Å²) in [5, 5.41) is 3.12. The molecule has 0 saturated heterocycles. The van der Waals surface area contributed by atoms with E-state index < -0.39 is 12.0 Å². The van der Waals surface area contributed by atoms with Crippen molar-refractivity contribution in [1.82, 2.24) is 0 Å². The number of aryl methyl sites for hydroxylation is 1. The number of anilines is 1. The second-order valence-corrected chi connectivity index (χ2v) is 5.56.